The molecule has 0 bridgehead atoms. The lowest BCUT2D eigenvalue weighted by molar-refractivity contribution is -0.135. The standard InChI is InChI=1S/C29H27NO4/c1-3-23-16-25(28(31)33-2)11-10-24-14-21(9-12-27(23)24)13-22-15-26(18-30-17-22)29(32)34-19-20-7-5-4-6-8-20/h4-12,14-18,23H,3,13,19H2,1-2H3. The van der Waals surface area contributed by atoms with E-state index in [-0.39, 0.29) is 18.5 Å². The Kier molecular flexibility index (Phi) is 7.33. The Morgan fingerprint density at radius 1 is 0.912 bits per heavy atom. The molecule has 0 fully saturated rings. The number of methoxy groups -OCH3 is 1. The number of hydrogen-bond acceptors (Lipinski definition) is 5. The minimum absolute atomic E-state index is 0.137. The highest BCUT2D eigenvalue weighted by atomic mass is 16.5. The lowest BCUT2D eigenvalue weighted by Crippen LogP contribution is -2.06. The molecule has 172 valence electrons. The molecule has 0 aliphatic heterocycles. The summed E-state index contributed by atoms with van der Waals surface area (Å²) in [6.45, 7) is 2.33. The molecule has 2 aromatic carbocycles. The molecule has 0 N–H and O–H groups in total. The second-order valence-corrected chi connectivity index (χ2v) is 8.25. The fourth-order valence-corrected chi connectivity index (χ4v) is 4.09. The average Bonchev–Trinajstić information content (AvgIpc) is 3.06. The number of benzene rings is 2. The van der Waals surface area contributed by atoms with E-state index in [4.69, 9.17) is 9.47 Å². The molecule has 0 radical (unpaired) electrons. The van der Waals surface area contributed by atoms with Crippen LogP contribution in [0, 0.1) is 0 Å². The second-order valence-electron chi connectivity index (χ2n) is 8.25. The Labute approximate surface area is 199 Å². The molecule has 1 aromatic heterocycles. The molecule has 3 aromatic rings. The van der Waals surface area contributed by atoms with Gasteiger partial charge in [-0.3, -0.25) is 4.98 Å². The Morgan fingerprint density at radius 3 is 2.50 bits per heavy atom. The maximum Gasteiger partial charge on any atom is 0.340 e. The molecule has 4 rings (SSSR count). The van der Waals surface area contributed by atoms with E-state index in [0.717, 1.165) is 28.7 Å². The zero-order valence-corrected chi connectivity index (χ0v) is 19.4. The van der Waals surface area contributed by atoms with Crippen molar-refractivity contribution < 1.29 is 19.1 Å². The van der Waals surface area contributed by atoms with Gasteiger partial charge in [0.1, 0.15) is 6.61 Å². The summed E-state index contributed by atoms with van der Waals surface area (Å²) >= 11 is 0. The maximum absolute atomic E-state index is 12.5. The Morgan fingerprint density at radius 2 is 1.74 bits per heavy atom. The molecule has 5 heteroatoms. The lowest BCUT2D eigenvalue weighted by atomic mass is 9.90. The Bertz CT molecular complexity index is 1240. The van der Waals surface area contributed by atoms with Crippen molar-refractivity contribution in [1.82, 2.24) is 4.98 Å². The minimum atomic E-state index is -0.393. The fraction of sp³-hybridized carbons (Fsp3) is 0.207. The summed E-state index contributed by atoms with van der Waals surface area (Å²) in [6, 6.07) is 17.7. The number of allylic oxidation sites excluding steroid dienone is 1. The highest BCUT2D eigenvalue weighted by Gasteiger charge is 2.18. The molecule has 34 heavy (non-hydrogen) atoms. The molecule has 1 aliphatic rings. The van der Waals surface area contributed by atoms with Crippen molar-refractivity contribution in [2.75, 3.05) is 7.11 Å². The Balaban J connectivity index is 1.49. The van der Waals surface area contributed by atoms with Gasteiger partial charge in [-0.25, -0.2) is 9.59 Å². The van der Waals surface area contributed by atoms with Crippen molar-refractivity contribution in [2.45, 2.75) is 32.3 Å². The number of ether oxygens (including phenoxy) is 2. The maximum atomic E-state index is 12.5. The number of aromatic nitrogens is 1. The first kappa shape index (κ1) is 23.2. The van der Waals surface area contributed by atoms with Crippen molar-refractivity contribution in [3.63, 3.8) is 0 Å². The first-order valence-corrected chi connectivity index (χ1v) is 11.3. The predicted molar refractivity (Wildman–Crippen MR) is 131 cm³/mol. The van der Waals surface area contributed by atoms with Crippen LogP contribution < -0.4 is 0 Å². The number of nitrogens with zero attached hydrogens (tertiary/aromatic N) is 1. The average molecular weight is 454 g/mol. The van der Waals surface area contributed by atoms with Crippen molar-refractivity contribution in [2.24, 2.45) is 0 Å². The number of carbonyl (C=O) groups excluding carboxylic acids is 2. The molecule has 1 atom stereocenters. The van der Waals surface area contributed by atoms with Gasteiger partial charge in [-0.15, -0.1) is 0 Å². The van der Waals surface area contributed by atoms with Gasteiger partial charge in [0, 0.05) is 18.3 Å². The van der Waals surface area contributed by atoms with E-state index in [0.29, 0.717) is 17.6 Å². The first-order valence-electron chi connectivity index (χ1n) is 11.3. The normalized spacial score (nSPS) is 14.5. The molecule has 1 heterocycles. The highest BCUT2D eigenvalue weighted by Crippen LogP contribution is 2.31. The smallest absolute Gasteiger partial charge is 0.340 e. The monoisotopic (exact) mass is 453 g/mol. The van der Waals surface area contributed by atoms with Crippen LogP contribution in [0.1, 0.15) is 57.4 Å². The van der Waals surface area contributed by atoms with Crippen LogP contribution in [0.25, 0.3) is 6.08 Å². The third-order valence-electron chi connectivity index (χ3n) is 5.89. The van der Waals surface area contributed by atoms with Gasteiger partial charge in [0.15, 0.2) is 0 Å². The van der Waals surface area contributed by atoms with Crippen LogP contribution in [0.15, 0.2) is 84.7 Å². The molecule has 0 saturated carbocycles. The van der Waals surface area contributed by atoms with Gasteiger partial charge in [0.05, 0.1) is 18.2 Å². The van der Waals surface area contributed by atoms with Crippen molar-refractivity contribution >= 4 is 18.0 Å². The quantitative estimate of drug-likeness (QED) is 0.433. The predicted octanol–water partition coefficient (Wildman–Crippen LogP) is 5.65. The molecule has 1 aliphatic carbocycles. The number of carbonyl (C=O) groups is 2. The zero-order valence-electron chi connectivity index (χ0n) is 19.4. The van der Waals surface area contributed by atoms with E-state index in [9.17, 15) is 9.59 Å². The number of pyridine rings is 1. The molecule has 5 nitrogen and oxygen atoms in total. The summed E-state index contributed by atoms with van der Waals surface area (Å²) in [5, 5.41) is 0. The number of fused-ring (bicyclic) bond motifs is 1. The van der Waals surface area contributed by atoms with E-state index in [2.05, 4.69) is 30.1 Å². The molecule has 0 saturated heterocycles. The summed E-state index contributed by atoms with van der Waals surface area (Å²) in [5.74, 6) is -0.586. The van der Waals surface area contributed by atoms with E-state index >= 15 is 0 Å². The van der Waals surface area contributed by atoms with Gasteiger partial charge < -0.3 is 9.47 Å². The SMILES string of the molecule is CCC1C=C(C(=O)OC)C=Cc2cc(Cc3cncc(C(=O)OCc4ccccc4)c3)ccc21. The number of hydrogen-bond donors (Lipinski definition) is 0. The van der Waals surface area contributed by atoms with Crippen molar-refractivity contribution in [3.8, 4) is 0 Å². The van der Waals surface area contributed by atoms with Gasteiger partial charge in [-0.05, 0) is 52.8 Å². The van der Waals surface area contributed by atoms with Crippen LogP contribution in [-0.4, -0.2) is 24.0 Å². The summed E-state index contributed by atoms with van der Waals surface area (Å²) in [4.78, 5) is 28.8. The molecular formula is C29H27NO4. The van der Waals surface area contributed by atoms with E-state index in [1.807, 2.05) is 54.6 Å². The number of rotatable bonds is 7. The van der Waals surface area contributed by atoms with Crippen LogP contribution >= 0.6 is 0 Å². The van der Waals surface area contributed by atoms with Gasteiger partial charge in [0.25, 0.3) is 0 Å². The van der Waals surface area contributed by atoms with Gasteiger partial charge in [0.2, 0.25) is 0 Å². The van der Waals surface area contributed by atoms with Crippen molar-refractivity contribution in [1.29, 1.82) is 0 Å². The molecule has 1 unspecified atom stereocenters. The molecule has 0 spiro atoms. The summed E-state index contributed by atoms with van der Waals surface area (Å²) in [6.07, 6.45) is 10.6. The third-order valence-corrected chi connectivity index (χ3v) is 5.89. The fourth-order valence-electron chi connectivity index (χ4n) is 4.09. The zero-order chi connectivity index (χ0) is 23.9. The lowest BCUT2D eigenvalue weighted by Gasteiger charge is -2.15. The minimum Gasteiger partial charge on any atom is -0.465 e. The van der Waals surface area contributed by atoms with E-state index in [1.165, 1.54) is 18.9 Å². The Hall–Kier alpha value is -3.99. The molecule has 0 amide bonds. The second kappa shape index (κ2) is 10.8. The van der Waals surface area contributed by atoms with E-state index < -0.39 is 5.97 Å². The summed E-state index contributed by atoms with van der Waals surface area (Å²) in [5.41, 5.74) is 6.21. The van der Waals surface area contributed by atoms with Gasteiger partial charge in [-0.2, -0.15) is 0 Å². The first-order chi connectivity index (χ1) is 16.6. The van der Waals surface area contributed by atoms with Gasteiger partial charge >= 0.3 is 11.9 Å². The largest absolute Gasteiger partial charge is 0.465 e. The van der Waals surface area contributed by atoms with Crippen LogP contribution in [-0.2, 0) is 27.3 Å². The number of esters is 2. The summed E-state index contributed by atoms with van der Waals surface area (Å²) in [7, 11) is 1.40. The van der Waals surface area contributed by atoms with Crippen LogP contribution in [0.3, 0.4) is 0 Å². The van der Waals surface area contributed by atoms with Crippen LogP contribution in [0.4, 0.5) is 0 Å². The van der Waals surface area contributed by atoms with Crippen molar-refractivity contribution in [3.05, 3.63) is 118 Å². The third kappa shape index (κ3) is 5.49. The van der Waals surface area contributed by atoms with Crippen LogP contribution in [0.5, 0.6) is 0 Å². The molecular weight excluding hydrogens is 426 g/mol. The topological polar surface area (TPSA) is 65.5 Å². The van der Waals surface area contributed by atoms with Crippen LogP contribution in [0.2, 0.25) is 0 Å². The summed E-state index contributed by atoms with van der Waals surface area (Å²) < 4.78 is 10.3. The van der Waals surface area contributed by atoms with E-state index in [1.54, 1.807) is 6.20 Å². The highest BCUT2D eigenvalue weighted by molar-refractivity contribution is 5.93. The van der Waals surface area contributed by atoms with Gasteiger partial charge in [-0.1, -0.05) is 67.6 Å².